The van der Waals surface area contributed by atoms with Gasteiger partial charge in [0.1, 0.15) is 6.10 Å². The molecule has 16 heavy (non-hydrogen) atoms. The SMILES string of the molecule is COC(CN)C(=O)NCC1CCCCC1.Cl. The standard InChI is InChI=1S/C11H22N2O2.ClH/c1-15-10(7-12)11(14)13-8-9-5-3-2-4-6-9;/h9-10H,2-8,12H2,1H3,(H,13,14);1H. The maximum Gasteiger partial charge on any atom is 0.250 e. The minimum Gasteiger partial charge on any atom is -0.370 e. The summed E-state index contributed by atoms with van der Waals surface area (Å²) in [6.07, 6.45) is 5.92. The first-order valence-corrected chi connectivity index (χ1v) is 5.78. The molecule has 96 valence electrons. The monoisotopic (exact) mass is 250 g/mol. The van der Waals surface area contributed by atoms with E-state index in [0.29, 0.717) is 5.92 Å². The molecule has 0 heterocycles. The van der Waals surface area contributed by atoms with Crippen LogP contribution in [0.5, 0.6) is 0 Å². The lowest BCUT2D eigenvalue weighted by Crippen LogP contribution is -2.42. The summed E-state index contributed by atoms with van der Waals surface area (Å²) in [4.78, 5) is 11.5. The highest BCUT2D eigenvalue weighted by atomic mass is 35.5. The lowest BCUT2D eigenvalue weighted by molar-refractivity contribution is -0.130. The minimum atomic E-state index is -0.492. The quantitative estimate of drug-likeness (QED) is 0.768. The molecule has 0 radical (unpaired) electrons. The van der Waals surface area contributed by atoms with Crippen LogP contribution in [0, 0.1) is 5.92 Å². The largest absolute Gasteiger partial charge is 0.370 e. The Morgan fingerprint density at radius 2 is 2.06 bits per heavy atom. The Labute approximate surface area is 104 Å². The summed E-state index contributed by atoms with van der Waals surface area (Å²) in [5, 5.41) is 2.91. The van der Waals surface area contributed by atoms with Gasteiger partial charge in [-0.15, -0.1) is 12.4 Å². The van der Waals surface area contributed by atoms with Crippen molar-refractivity contribution in [1.29, 1.82) is 0 Å². The molecule has 1 aliphatic carbocycles. The average Bonchev–Trinajstić information content (AvgIpc) is 2.29. The zero-order valence-corrected chi connectivity index (χ0v) is 10.7. The van der Waals surface area contributed by atoms with Crippen LogP contribution >= 0.6 is 12.4 Å². The van der Waals surface area contributed by atoms with Crippen LogP contribution in [0.1, 0.15) is 32.1 Å². The fraction of sp³-hybridized carbons (Fsp3) is 0.909. The number of carbonyl (C=O) groups is 1. The Kier molecular flexibility index (Phi) is 8.61. The Bertz CT molecular complexity index is 192. The molecule has 0 spiro atoms. The maximum absolute atomic E-state index is 11.5. The fourth-order valence-corrected chi connectivity index (χ4v) is 2.06. The maximum atomic E-state index is 11.5. The number of hydrogen-bond acceptors (Lipinski definition) is 3. The van der Waals surface area contributed by atoms with Gasteiger partial charge in [0.2, 0.25) is 5.91 Å². The molecule has 0 bridgehead atoms. The van der Waals surface area contributed by atoms with Crippen molar-refractivity contribution in [1.82, 2.24) is 5.32 Å². The van der Waals surface area contributed by atoms with Crippen molar-refractivity contribution < 1.29 is 9.53 Å². The van der Waals surface area contributed by atoms with Crippen LogP contribution in [-0.2, 0) is 9.53 Å². The van der Waals surface area contributed by atoms with E-state index < -0.39 is 6.10 Å². The van der Waals surface area contributed by atoms with Crippen molar-refractivity contribution in [3.63, 3.8) is 0 Å². The summed E-state index contributed by atoms with van der Waals surface area (Å²) in [7, 11) is 1.51. The van der Waals surface area contributed by atoms with Crippen LogP contribution in [0.3, 0.4) is 0 Å². The first kappa shape index (κ1) is 15.7. The van der Waals surface area contributed by atoms with Crippen molar-refractivity contribution in [2.75, 3.05) is 20.2 Å². The van der Waals surface area contributed by atoms with E-state index >= 15 is 0 Å². The number of amides is 1. The van der Waals surface area contributed by atoms with Crippen LogP contribution in [0.2, 0.25) is 0 Å². The second-order valence-electron chi connectivity index (χ2n) is 4.21. The Hall–Kier alpha value is -0.320. The highest BCUT2D eigenvalue weighted by Crippen LogP contribution is 2.22. The molecule has 0 aromatic rings. The summed E-state index contributed by atoms with van der Waals surface area (Å²) in [6, 6.07) is 0. The molecule has 1 saturated carbocycles. The molecule has 1 fully saturated rings. The number of hydrogen-bond donors (Lipinski definition) is 2. The Balaban J connectivity index is 0.00000225. The molecule has 0 aromatic heterocycles. The molecule has 3 N–H and O–H groups in total. The molecule has 1 atom stereocenters. The molecule has 1 unspecified atom stereocenters. The summed E-state index contributed by atoms with van der Waals surface area (Å²) in [5.41, 5.74) is 5.41. The number of nitrogens with two attached hydrogens (primary N) is 1. The molecule has 1 rings (SSSR count). The van der Waals surface area contributed by atoms with Gasteiger partial charge < -0.3 is 15.8 Å². The summed E-state index contributed by atoms with van der Waals surface area (Å²) in [6.45, 7) is 1.02. The lowest BCUT2D eigenvalue weighted by Gasteiger charge is -2.22. The van der Waals surface area contributed by atoms with E-state index in [0.717, 1.165) is 6.54 Å². The van der Waals surface area contributed by atoms with Crippen molar-refractivity contribution >= 4 is 18.3 Å². The number of carbonyl (C=O) groups excluding carboxylic acids is 1. The number of methoxy groups -OCH3 is 1. The molecule has 5 heteroatoms. The number of nitrogens with one attached hydrogen (secondary N) is 1. The first-order valence-electron chi connectivity index (χ1n) is 5.78. The first-order chi connectivity index (χ1) is 7.27. The van der Waals surface area contributed by atoms with Crippen LogP contribution in [-0.4, -0.2) is 32.2 Å². The molecule has 4 nitrogen and oxygen atoms in total. The normalized spacial score (nSPS) is 18.6. The predicted molar refractivity (Wildman–Crippen MR) is 66.7 cm³/mol. The Morgan fingerprint density at radius 1 is 1.44 bits per heavy atom. The van der Waals surface area contributed by atoms with Gasteiger partial charge in [-0.2, -0.15) is 0 Å². The summed E-state index contributed by atoms with van der Waals surface area (Å²) < 4.78 is 4.96. The molecular weight excluding hydrogens is 228 g/mol. The van der Waals surface area contributed by atoms with E-state index in [1.165, 1.54) is 39.2 Å². The van der Waals surface area contributed by atoms with Gasteiger partial charge in [0.25, 0.3) is 0 Å². The second-order valence-corrected chi connectivity index (χ2v) is 4.21. The van der Waals surface area contributed by atoms with Crippen LogP contribution in [0.15, 0.2) is 0 Å². The molecule has 1 aliphatic rings. The smallest absolute Gasteiger partial charge is 0.250 e. The van der Waals surface area contributed by atoms with Gasteiger partial charge in [-0.3, -0.25) is 4.79 Å². The van der Waals surface area contributed by atoms with Crippen molar-refractivity contribution in [2.24, 2.45) is 11.7 Å². The lowest BCUT2D eigenvalue weighted by atomic mass is 9.89. The predicted octanol–water partition coefficient (Wildman–Crippen LogP) is 1.08. The highest BCUT2D eigenvalue weighted by Gasteiger charge is 2.18. The third kappa shape index (κ3) is 5.14. The van der Waals surface area contributed by atoms with Gasteiger partial charge in [0, 0.05) is 20.2 Å². The molecule has 0 saturated heterocycles. The fourth-order valence-electron chi connectivity index (χ4n) is 2.06. The number of halogens is 1. The third-order valence-electron chi connectivity index (χ3n) is 3.08. The molecule has 1 amide bonds. The molecular formula is C11H23ClN2O2. The van der Waals surface area contributed by atoms with E-state index in [-0.39, 0.29) is 24.9 Å². The minimum absolute atomic E-state index is 0. The third-order valence-corrected chi connectivity index (χ3v) is 3.08. The van der Waals surface area contributed by atoms with Gasteiger partial charge in [0.15, 0.2) is 0 Å². The van der Waals surface area contributed by atoms with E-state index in [1.54, 1.807) is 0 Å². The zero-order chi connectivity index (χ0) is 11.1. The van der Waals surface area contributed by atoms with E-state index in [1.807, 2.05) is 0 Å². The van der Waals surface area contributed by atoms with E-state index in [2.05, 4.69) is 5.32 Å². The average molecular weight is 251 g/mol. The van der Waals surface area contributed by atoms with E-state index in [4.69, 9.17) is 10.5 Å². The highest BCUT2D eigenvalue weighted by molar-refractivity contribution is 5.85. The van der Waals surface area contributed by atoms with Crippen LogP contribution in [0.4, 0.5) is 0 Å². The molecule has 0 aromatic carbocycles. The van der Waals surface area contributed by atoms with Crippen LogP contribution < -0.4 is 11.1 Å². The van der Waals surface area contributed by atoms with Gasteiger partial charge in [0.05, 0.1) is 0 Å². The molecule has 0 aliphatic heterocycles. The number of ether oxygens (including phenoxy) is 1. The van der Waals surface area contributed by atoms with Gasteiger partial charge in [-0.1, -0.05) is 19.3 Å². The van der Waals surface area contributed by atoms with Crippen LogP contribution in [0.25, 0.3) is 0 Å². The Morgan fingerprint density at radius 3 is 2.56 bits per heavy atom. The second kappa shape index (κ2) is 8.79. The zero-order valence-electron chi connectivity index (χ0n) is 9.91. The number of rotatable bonds is 5. The summed E-state index contributed by atoms with van der Waals surface area (Å²) >= 11 is 0. The van der Waals surface area contributed by atoms with E-state index in [9.17, 15) is 4.79 Å². The topological polar surface area (TPSA) is 64.3 Å². The van der Waals surface area contributed by atoms with Gasteiger partial charge >= 0.3 is 0 Å². The van der Waals surface area contributed by atoms with Gasteiger partial charge in [-0.05, 0) is 18.8 Å². The van der Waals surface area contributed by atoms with Crippen molar-refractivity contribution in [3.8, 4) is 0 Å². The van der Waals surface area contributed by atoms with Crippen molar-refractivity contribution in [2.45, 2.75) is 38.2 Å². The van der Waals surface area contributed by atoms with Gasteiger partial charge in [-0.25, -0.2) is 0 Å². The summed E-state index contributed by atoms with van der Waals surface area (Å²) in [5.74, 6) is 0.573. The van der Waals surface area contributed by atoms with Crippen molar-refractivity contribution in [3.05, 3.63) is 0 Å².